The van der Waals surface area contributed by atoms with Crippen LogP contribution in [-0.2, 0) is 14.8 Å². The van der Waals surface area contributed by atoms with Crippen LogP contribution in [0, 0.1) is 0 Å². The molecule has 116 valence electrons. The summed E-state index contributed by atoms with van der Waals surface area (Å²) in [6.45, 7) is 3.36. The van der Waals surface area contributed by atoms with Gasteiger partial charge < -0.3 is 5.32 Å². The monoisotopic (exact) mass is 311 g/mol. The highest BCUT2D eigenvalue weighted by atomic mass is 32.2. The Morgan fingerprint density at radius 1 is 1.43 bits per heavy atom. The Balaban J connectivity index is 1.99. The summed E-state index contributed by atoms with van der Waals surface area (Å²) in [5.41, 5.74) is 0.441. The molecule has 1 amide bonds. The Hall–Kier alpha value is -1.44. The van der Waals surface area contributed by atoms with Crippen LogP contribution in [-0.4, -0.2) is 38.4 Å². The first-order valence-electron chi connectivity index (χ1n) is 7.03. The molecule has 1 aromatic carbocycles. The van der Waals surface area contributed by atoms with E-state index in [-0.39, 0.29) is 10.8 Å². The summed E-state index contributed by atoms with van der Waals surface area (Å²) in [6.07, 6.45) is 3.42. The summed E-state index contributed by atoms with van der Waals surface area (Å²) in [5.74, 6) is -0.143. The van der Waals surface area contributed by atoms with Crippen molar-refractivity contribution in [3.8, 4) is 0 Å². The minimum absolute atomic E-state index is 0.00774. The number of nitrogens with one attached hydrogen (secondary N) is 1. The minimum atomic E-state index is -3.76. The third-order valence-electron chi connectivity index (χ3n) is 3.73. The predicted molar refractivity (Wildman–Crippen MR) is 81.3 cm³/mol. The van der Waals surface area contributed by atoms with Crippen LogP contribution in [0.5, 0.6) is 0 Å². The SMILES string of the molecule is CC1CCCCN1CC(=O)Nc1cccc(S(N)(=O)=O)c1. The molecule has 1 saturated heterocycles. The molecule has 0 saturated carbocycles. The van der Waals surface area contributed by atoms with Gasteiger partial charge in [-0.2, -0.15) is 0 Å². The van der Waals surface area contributed by atoms with E-state index in [0.717, 1.165) is 19.4 Å². The lowest BCUT2D eigenvalue weighted by Gasteiger charge is -2.32. The van der Waals surface area contributed by atoms with Crippen LogP contribution in [0.15, 0.2) is 29.2 Å². The van der Waals surface area contributed by atoms with E-state index >= 15 is 0 Å². The fourth-order valence-electron chi connectivity index (χ4n) is 2.53. The normalized spacial score (nSPS) is 20.2. The fourth-order valence-corrected chi connectivity index (χ4v) is 3.09. The van der Waals surface area contributed by atoms with E-state index in [1.54, 1.807) is 12.1 Å². The number of carbonyl (C=O) groups is 1. The number of amides is 1. The van der Waals surface area contributed by atoms with Crippen molar-refractivity contribution in [3.05, 3.63) is 24.3 Å². The third kappa shape index (κ3) is 4.52. The Kier molecular flexibility index (Phi) is 4.97. The molecule has 0 bridgehead atoms. The lowest BCUT2D eigenvalue weighted by atomic mass is 10.0. The van der Waals surface area contributed by atoms with Crippen LogP contribution >= 0.6 is 0 Å². The maximum atomic E-state index is 12.1. The van der Waals surface area contributed by atoms with E-state index in [0.29, 0.717) is 18.3 Å². The van der Waals surface area contributed by atoms with E-state index in [1.165, 1.54) is 18.6 Å². The summed E-state index contributed by atoms with van der Waals surface area (Å²) in [6, 6.07) is 6.37. The minimum Gasteiger partial charge on any atom is -0.325 e. The quantitative estimate of drug-likeness (QED) is 0.872. The highest BCUT2D eigenvalue weighted by Crippen LogP contribution is 2.17. The van der Waals surface area contributed by atoms with Crippen molar-refractivity contribution in [2.75, 3.05) is 18.4 Å². The van der Waals surface area contributed by atoms with E-state index in [1.807, 2.05) is 0 Å². The van der Waals surface area contributed by atoms with Crippen molar-refractivity contribution >= 4 is 21.6 Å². The van der Waals surface area contributed by atoms with Gasteiger partial charge in [-0.15, -0.1) is 0 Å². The number of hydrogen-bond donors (Lipinski definition) is 2. The molecule has 21 heavy (non-hydrogen) atoms. The number of anilines is 1. The Bertz CT molecular complexity index is 616. The van der Waals surface area contributed by atoms with Crippen molar-refractivity contribution in [1.82, 2.24) is 4.90 Å². The van der Waals surface area contributed by atoms with Crippen molar-refractivity contribution < 1.29 is 13.2 Å². The molecule has 0 aliphatic carbocycles. The number of rotatable bonds is 4. The second-order valence-corrected chi connectivity index (χ2v) is 7.00. The molecule has 1 atom stereocenters. The summed E-state index contributed by atoms with van der Waals surface area (Å²) in [5, 5.41) is 7.80. The molecule has 1 fully saturated rings. The van der Waals surface area contributed by atoms with Gasteiger partial charge in [0, 0.05) is 11.7 Å². The first kappa shape index (κ1) is 15.9. The van der Waals surface area contributed by atoms with Crippen molar-refractivity contribution in [1.29, 1.82) is 0 Å². The van der Waals surface area contributed by atoms with Crippen LogP contribution < -0.4 is 10.5 Å². The molecule has 7 heteroatoms. The van der Waals surface area contributed by atoms with E-state index in [9.17, 15) is 13.2 Å². The first-order valence-corrected chi connectivity index (χ1v) is 8.57. The maximum Gasteiger partial charge on any atom is 0.238 e. The molecule has 1 aromatic rings. The molecule has 6 nitrogen and oxygen atoms in total. The summed E-state index contributed by atoms with van der Waals surface area (Å²) >= 11 is 0. The zero-order valence-electron chi connectivity index (χ0n) is 12.1. The number of nitrogens with two attached hydrogens (primary N) is 1. The van der Waals surface area contributed by atoms with Crippen LogP contribution in [0.4, 0.5) is 5.69 Å². The molecule has 1 unspecified atom stereocenters. The largest absolute Gasteiger partial charge is 0.325 e. The summed E-state index contributed by atoms with van der Waals surface area (Å²) in [4.78, 5) is 14.2. The summed E-state index contributed by atoms with van der Waals surface area (Å²) in [7, 11) is -3.76. The van der Waals surface area contributed by atoms with Gasteiger partial charge in [-0.05, 0) is 44.5 Å². The molecule has 1 aliphatic heterocycles. The fraction of sp³-hybridized carbons (Fsp3) is 0.500. The zero-order chi connectivity index (χ0) is 15.5. The molecule has 3 N–H and O–H groups in total. The Labute approximate surface area is 125 Å². The molecule has 2 rings (SSSR count). The zero-order valence-corrected chi connectivity index (χ0v) is 12.9. The number of nitrogens with zero attached hydrogens (tertiary/aromatic N) is 1. The molecular weight excluding hydrogens is 290 g/mol. The van der Waals surface area contributed by atoms with Gasteiger partial charge >= 0.3 is 0 Å². The average molecular weight is 311 g/mol. The van der Waals surface area contributed by atoms with Crippen LogP contribution in [0.2, 0.25) is 0 Å². The van der Waals surface area contributed by atoms with Gasteiger partial charge in [-0.25, -0.2) is 13.6 Å². The number of hydrogen-bond acceptors (Lipinski definition) is 4. The number of primary sulfonamides is 1. The second kappa shape index (κ2) is 6.55. The number of benzene rings is 1. The highest BCUT2D eigenvalue weighted by molar-refractivity contribution is 7.89. The second-order valence-electron chi connectivity index (χ2n) is 5.44. The number of sulfonamides is 1. The van der Waals surface area contributed by atoms with Gasteiger partial charge in [0.05, 0.1) is 11.4 Å². The number of piperidine rings is 1. The third-order valence-corrected chi connectivity index (χ3v) is 4.64. The van der Waals surface area contributed by atoms with Crippen LogP contribution in [0.25, 0.3) is 0 Å². The molecule has 0 aromatic heterocycles. The summed E-state index contributed by atoms with van der Waals surface area (Å²) < 4.78 is 22.6. The van der Waals surface area contributed by atoms with Crippen LogP contribution in [0.1, 0.15) is 26.2 Å². The van der Waals surface area contributed by atoms with Gasteiger partial charge in [-0.1, -0.05) is 12.5 Å². The highest BCUT2D eigenvalue weighted by Gasteiger charge is 2.20. The first-order chi connectivity index (χ1) is 9.86. The van der Waals surface area contributed by atoms with Crippen molar-refractivity contribution in [2.24, 2.45) is 5.14 Å². The van der Waals surface area contributed by atoms with Gasteiger partial charge in [0.15, 0.2) is 0 Å². The van der Waals surface area contributed by atoms with E-state index < -0.39 is 10.0 Å². The molecule has 1 heterocycles. The molecule has 0 spiro atoms. The van der Waals surface area contributed by atoms with Gasteiger partial charge in [0.2, 0.25) is 15.9 Å². The van der Waals surface area contributed by atoms with Gasteiger partial charge in [-0.3, -0.25) is 9.69 Å². The molecular formula is C14H21N3O3S. The van der Waals surface area contributed by atoms with Crippen molar-refractivity contribution in [2.45, 2.75) is 37.1 Å². The standard InChI is InChI=1S/C14H21N3O3S/c1-11-5-2-3-8-17(11)10-14(18)16-12-6-4-7-13(9-12)21(15,19)20/h4,6-7,9,11H,2-3,5,8,10H2,1H3,(H,16,18)(H2,15,19,20). The predicted octanol–water partition coefficient (Wildman–Crippen LogP) is 1.15. The lowest BCUT2D eigenvalue weighted by molar-refractivity contribution is -0.118. The smallest absolute Gasteiger partial charge is 0.238 e. The lowest BCUT2D eigenvalue weighted by Crippen LogP contribution is -2.42. The van der Waals surface area contributed by atoms with E-state index in [4.69, 9.17) is 5.14 Å². The van der Waals surface area contributed by atoms with E-state index in [2.05, 4.69) is 17.1 Å². The number of likely N-dealkylation sites (tertiary alicyclic amines) is 1. The van der Waals surface area contributed by atoms with Gasteiger partial charge in [0.25, 0.3) is 0 Å². The number of carbonyl (C=O) groups excluding carboxylic acids is 1. The molecule has 1 aliphatic rings. The maximum absolute atomic E-state index is 12.1. The van der Waals surface area contributed by atoms with Gasteiger partial charge in [0.1, 0.15) is 0 Å². The van der Waals surface area contributed by atoms with Crippen LogP contribution in [0.3, 0.4) is 0 Å². The Morgan fingerprint density at radius 3 is 2.86 bits per heavy atom. The topological polar surface area (TPSA) is 92.5 Å². The molecule has 0 radical (unpaired) electrons. The average Bonchev–Trinajstić information content (AvgIpc) is 2.41. The Morgan fingerprint density at radius 2 is 2.19 bits per heavy atom. The van der Waals surface area contributed by atoms with Crippen molar-refractivity contribution in [3.63, 3.8) is 0 Å².